The number of fused-ring (bicyclic) bond motifs is 2. The van der Waals surface area contributed by atoms with Gasteiger partial charge in [-0.05, 0) is 80.9 Å². The van der Waals surface area contributed by atoms with E-state index in [9.17, 15) is 0 Å². The van der Waals surface area contributed by atoms with E-state index >= 15 is 0 Å². The van der Waals surface area contributed by atoms with Crippen LogP contribution >= 0.6 is 21.6 Å². The smallest absolute Gasteiger partial charge is 0.0373 e. The van der Waals surface area contributed by atoms with E-state index in [4.69, 9.17) is 0 Å². The largest absolute Gasteiger partial charge is 0.0856 e. The van der Waals surface area contributed by atoms with Crippen molar-refractivity contribution >= 4 is 43.1 Å². The van der Waals surface area contributed by atoms with E-state index in [1.165, 1.54) is 54.9 Å². The highest BCUT2D eigenvalue weighted by atomic mass is 33.1. The van der Waals surface area contributed by atoms with Crippen molar-refractivity contribution in [3.05, 3.63) is 145 Å². The zero-order valence-electron chi connectivity index (χ0n) is 21.7. The summed E-state index contributed by atoms with van der Waals surface area (Å²) >= 11 is 0. The highest BCUT2D eigenvalue weighted by Crippen LogP contribution is 2.46. The van der Waals surface area contributed by atoms with E-state index in [1.54, 1.807) is 0 Å². The lowest BCUT2D eigenvalue weighted by atomic mass is 9.96. The Kier molecular flexibility index (Phi) is 7.27. The maximum Gasteiger partial charge on any atom is 0.0373 e. The molecular weight excluding hydrogens is 497 g/mol. The summed E-state index contributed by atoms with van der Waals surface area (Å²) in [5, 5.41) is 5.96. The van der Waals surface area contributed by atoms with Crippen molar-refractivity contribution in [2.45, 2.75) is 24.3 Å². The van der Waals surface area contributed by atoms with Gasteiger partial charge in [-0.1, -0.05) is 143 Å². The first kappa shape index (κ1) is 24.9. The summed E-state index contributed by atoms with van der Waals surface area (Å²) in [5.74, 6) is 0. The summed E-state index contributed by atoms with van der Waals surface area (Å²) < 4.78 is 0. The summed E-state index contributed by atoms with van der Waals surface area (Å²) in [4.78, 5) is 0. The highest BCUT2D eigenvalue weighted by molar-refractivity contribution is 8.76. The number of rotatable bonds is 7. The summed E-state index contributed by atoms with van der Waals surface area (Å²) in [6.07, 6.45) is 0. The first-order chi connectivity index (χ1) is 18.7. The quantitative estimate of drug-likeness (QED) is 0.190. The lowest BCUT2D eigenvalue weighted by molar-refractivity contribution is 1.10. The molecule has 0 fully saturated rings. The maximum atomic E-state index is 2.37. The van der Waals surface area contributed by atoms with Crippen LogP contribution in [0.4, 0.5) is 0 Å². The normalized spacial score (nSPS) is 13.0. The van der Waals surface area contributed by atoms with Crippen molar-refractivity contribution in [2.75, 3.05) is 0 Å². The number of hydrogen-bond donors (Lipinski definition) is 0. The number of benzene rings is 6. The van der Waals surface area contributed by atoms with Gasteiger partial charge in [0.05, 0.1) is 0 Å². The van der Waals surface area contributed by atoms with E-state index in [2.05, 4.69) is 147 Å². The first-order valence-corrected chi connectivity index (χ1v) is 15.4. The second kappa shape index (κ2) is 11.1. The van der Waals surface area contributed by atoms with Gasteiger partial charge in [0.2, 0.25) is 0 Å². The van der Waals surface area contributed by atoms with Crippen LogP contribution in [0.2, 0.25) is 0 Å². The van der Waals surface area contributed by atoms with E-state index in [1.807, 2.05) is 21.6 Å². The molecule has 2 atom stereocenters. The zero-order chi connectivity index (χ0) is 25.9. The lowest BCUT2D eigenvalue weighted by Gasteiger charge is -2.17. The first-order valence-electron chi connectivity index (χ1n) is 13.2. The van der Waals surface area contributed by atoms with Crippen LogP contribution in [-0.2, 0) is 0 Å². The molecule has 0 aromatic heterocycles. The van der Waals surface area contributed by atoms with E-state index < -0.39 is 0 Å². The fraction of sp³-hybridized carbons (Fsp3) is 0.111. The van der Waals surface area contributed by atoms with Crippen LogP contribution in [0.25, 0.3) is 43.8 Å². The van der Waals surface area contributed by atoms with E-state index in [0.29, 0.717) is 10.5 Å². The molecule has 0 amide bonds. The second-order valence-electron chi connectivity index (χ2n) is 9.78. The average molecular weight is 527 g/mol. The molecular formula is C36H30S2. The van der Waals surface area contributed by atoms with Crippen molar-refractivity contribution in [3.63, 3.8) is 0 Å². The predicted octanol–water partition coefficient (Wildman–Crippen LogP) is 11.5. The molecule has 0 saturated carbocycles. The third kappa shape index (κ3) is 5.12. The van der Waals surface area contributed by atoms with Crippen molar-refractivity contribution in [1.82, 2.24) is 0 Å². The van der Waals surface area contributed by atoms with Gasteiger partial charge < -0.3 is 0 Å². The Balaban J connectivity index is 1.19. The molecule has 2 heteroatoms. The van der Waals surface area contributed by atoms with Gasteiger partial charge in [-0.25, -0.2) is 0 Å². The molecule has 0 spiro atoms. The molecule has 6 aromatic carbocycles. The van der Waals surface area contributed by atoms with Crippen LogP contribution in [0.1, 0.15) is 35.5 Å². The van der Waals surface area contributed by atoms with Crippen LogP contribution < -0.4 is 0 Å². The molecule has 0 aliphatic rings. The predicted molar refractivity (Wildman–Crippen MR) is 171 cm³/mol. The molecule has 0 saturated heterocycles. The van der Waals surface area contributed by atoms with Crippen LogP contribution in [0.5, 0.6) is 0 Å². The fourth-order valence-electron chi connectivity index (χ4n) is 5.15. The third-order valence-electron chi connectivity index (χ3n) is 7.26. The Hall–Kier alpha value is -3.46. The molecule has 0 radical (unpaired) electrons. The lowest BCUT2D eigenvalue weighted by Crippen LogP contribution is -1.91. The molecule has 0 heterocycles. The molecule has 0 N–H and O–H groups in total. The molecule has 38 heavy (non-hydrogen) atoms. The minimum Gasteiger partial charge on any atom is -0.0856 e. The topological polar surface area (TPSA) is 0 Å². The van der Waals surface area contributed by atoms with Gasteiger partial charge in [0, 0.05) is 10.5 Å². The van der Waals surface area contributed by atoms with Crippen molar-refractivity contribution in [2.24, 2.45) is 0 Å². The summed E-state index contributed by atoms with van der Waals surface area (Å²) in [6, 6.07) is 48.6. The molecule has 0 bridgehead atoms. The van der Waals surface area contributed by atoms with E-state index in [0.717, 1.165) is 0 Å². The molecule has 0 aliphatic heterocycles. The van der Waals surface area contributed by atoms with Crippen molar-refractivity contribution in [3.8, 4) is 22.3 Å². The molecule has 0 nitrogen and oxygen atoms in total. The Morgan fingerprint density at radius 2 is 0.816 bits per heavy atom. The summed E-state index contributed by atoms with van der Waals surface area (Å²) in [5.41, 5.74) is 7.90. The average Bonchev–Trinajstić information content (AvgIpc) is 2.99. The van der Waals surface area contributed by atoms with Gasteiger partial charge in [-0.15, -0.1) is 0 Å². The minimum atomic E-state index is 0.388. The summed E-state index contributed by atoms with van der Waals surface area (Å²) in [6.45, 7) is 4.64. The zero-order valence-corrected chi connectivity index (χ0v) is 23.3. The van der Waals surface area contributed by atoms with Gasteiger partial charge in [-0.3, -0.25) is 0 Å². The standard InChI is InChI=1S/C36H30S2/c1-25(29-15-7-17-31(23-29)35-21-9-13-27-11-3-5-19-33(27)35)37-38-26(2)30-16-8-18-32(24-30)36-22-10-14-28-12-4-6-20-34(28)36/h3-26H,1-2H3/t25-,26-/m1/s1. The van der Waals surface area contributed by atoms with E-state index in [-0.39, 0.29) is 0 Å². The second-order valence-corrected chi connectivity index (χ2v) is 12.7. The molecule has 6 rings (SSSR count). The highest BCUT2D eigenvalue weighted by Gasteiger charge is 2.14. The monoisotopic (exact) mass is 526 g/mol. The molecule has 0 aliphatic carbocycles. The van der Waals surface area contributed by atoms with Crippen LogP contribution in [0, 0.1) is 0 Å². The van der Waals surface area contributed by atoms with Crippen LogP contribution in [0.15, 0.2) is 133 Å². The Morgan fingerprint density at radius 3 is 1.29 bits per heavy atom. The summed E-state index contributed by atoms with van der Waals surface area (Å²) in [7, 11) is 3.92. The Labute approximate surface area is 233 Å². The Bertz CT molecular complexity index is 1580. The third-order valence-corrected chi connectivity index (χ3v) is 10.6. The minimum absolute atomic E-state index is 0.388. The molecule has 186 valence electrons. The maximum absolute atomic E-state index is 2.37. The van der Waals surface area contributed by atoms with Gasteiger partial charge in [-0.2, -0.15) is 0 Å². The fourth-order valence-corrected chi connectivity index (χ4v) is 7.67. The SMILES string of the molecule is C[C@@H](SS[C@H](C)c1cccc(-c2cccc3ccccc23)c1)c1cccc(-c2cccc3ccccc23)c1. The van der Waals surface area contributed by atoms with Crippen molar-refractivity contribution < 1.29 is 0 Å². The van der Waals surface area contributed by atoms with Gasteiger partial charge in [0.25, 0.3) is 0 Å². The number of hydrogen-bond acceptors (Lipinski definition) is 2. The van der Waals surface area contributed by atoms with Gasteiger partial charge in [0.1, 0.15) is 0 Å². The molecule has 0 unspecified atom stereocenters. The van der Waals surface area contributed by atoms with Crippen LogP contribution in [-0.4, -0.2) is 0 Å². The van der Waals surface area contributed by atoms with Crippen molar-refractivity contribution in [1.29, 1.82) is 0 Å². The van der Waals surface area contributed by atoms with Crippen LogP contribution in [0.3, 0.4) is 0 Å². The Morgan fingerprint density at radius 1 is 0.421 bits per heavy atom. The molecule has 6 aromatic rings. The van der Waals surface area contributed by atoms with Gasteiger partial charge >= 0.3 is 0 Å². The van der Waals surface area contributed by atoms with Gasteiger partial charge in [0.15, 0.2) is 0 Å².